The van der Waals surface area contributed by atoms with Crippen molar-refractivity contribution in [3.05, 3.63) is 18.2 Å². The van der Waals surface area contributed by atoms with Crippen LogP contribution in [-0.2, 0) is 12.1 Å². The lowest BCUT2D eigenvalue weighted by Crippen LogP contribution is -2.32. The van der Waals surface area contributed by atoms with E-state index < -0.39 is 0 Å². The predicted octanol–water partition coefficient (Wildman–Crippen LogP) is 2.66. The van der Waals surface area contributed by atoms with Gasteiger partial charge in [0.15, 0.2) is 0 Å². The Kier molecular flexibility index (Phi) is 2.82. The molecule has 3 nitrogen and oxygen atoms in total. The maximum atomic E-state index is 6.15. The Labute approximate surface area is 98.1 Å². The number of hydrogen-bond acceptors (Lipinski definition) is 2. The van der Waals surface area contributed by atoms with Crippen molar-refractivity contribution in [2.45, 2.75) is 58.5 Å². The smallest absolute Gasteiger partial charge is 0.0948 e. The first-order chi connectivity index (χ1) is 7.47. The Morgan fingerprint density at radius 2 is 2.19 bits per heavy atom. The van der Waals surface area contributed by atoms with Gasteiger partial charge in [-0.2, -0.15) is 0 Å². The van der Waals surface area contributed by atoms with E-state index in [9.17, 15) is 0 Å². The van der Waals surface area contributed by atoms with E-state index in [1.165, 1.54) is 25.7 Å². The molecule has 0 unspecified atom stereocenters. The van der Waals surface area contributed by atoms with Gasteiger partial charge in [0.1, 0.15) is 0 Å². The van der Waals surface area contributed by atoms with Crippen LogP contribution >= 0.6 is 0 Å². The van der Waals surface area contributed by atoms with Gasteiger partial charge in [0.25, 0.3) is 0 Å². The third-order valence-corrected chi connectivity index (χ3v) is 3.62. The Bertz CT molecular complexity index is 355. The van der Waals surface area contributed by atoms with Gasteiger partial charge in [-0.3, -0.25) is 0 Å². The van der Waals surface area contributed by atoms with Gasteiger partial charge < -0.3 is 10.3 Å². The Morgan fingerprint density at radius 3 is 2.69 bits per heavy atom. The normalized spacial score (nSPS) is 18.8. The molecule has 1 aliphatic carbocycles. The molecular formula is C13H23N3. The van der Waals surface area contributed by atoms with Crippen molar-refractivity contribution in [3.63, 3.8) is 0 Å². The van der Waals surface area contributed by atoms with Crippen LogP contribution in [0, 0.1) is 5.41 Å². The first-order valence-electron chi connectivity index (χ1n) is 6.26. The minimum Gasteiger partial charge on any atom is -0.332 e. The van der Waals surface area contributed by atoms with E-state index in [4.69, 9.17) is 5.73 Å². The number of hydrogen-bond donors (Lipinski definition) is 1. The largest absolute Gasteiger partial charge is 0.332 e. The van der Waals surface area contributed by atoms with Gasteiger partial charge in [0.2, 0.25) is 0 Å². The standard InChI is InChI=1S/C13H23N3/c1-4-5-13(6-7-13)9-16-10-15-8-11(16)12(2,3)14/h8,10H,4-7,9,14H2,1-3H3. The maximum Gasteiger partial charge on any atom is 0.0948 e. The summed E-state index contributed by atoms with van der Waals surface area (Å²) >= 11 is 0. The van der Waals surface area contributed by atoms with Crippen LogP contribution in [-0.4, -0.2) is 9.55 Å². The quantitative estimate of drug-likeness (QED) is 0.830. The summed E-state index contributed by atoms with van der Waals surface area (Å²) in [6.07, 6.45) is 9.17. The molecule has 3 heteroatoms. The lowest BCUT2D eigenvalue weighted by molar-refractivity contribution is 0.366. The fraction of sp³-hybridized carbons (Fsp3) is 0.769. The highest BCUT2D eigenvalue weighted by Gasteiger charge is 2.42. The van der Waals surface area contributed by atoms with Crippen molar-refractivity contribution in [3.8, 4) is 0 Å². The summed E-state index contributed by atoms with van der Waals surface area (Å²) in [7, 11) is 0. The molecule has 2 N–H and O–H groups in total. The van der Waals surface area contributed by atoms with Crippen molar-refractivity contribution in [1.29, 1.82) is 0 Å². The van der Waals surface area contributed by atoms with Gasteiger partial charge in [-0.25, -0.2) is 4.98 Å². The van der Waals surface area contributed by atoms with E-state index in [2.05, 4.69) is 16.5 Å². The van der Waals surface area contributed by atoms with Crippen molar-refractivity contribution < 1.29 is 0 Å². The lowest BCUT2D eigenvalue weighted by Gasteiger charge is -2.23. The maximum absolute atomic E-state index is 6.15. The monoisotopic (exact) mass is 221 g/mol. The molecule has 1 aromatic heterocycles. The third kappa shape index (κ3) is 2.29. The molecule has 1 aliphatic rings. The summed E-state index contributed by atoms with van der Waals surface area (Å²) in [6.45, 7) is 7.44. The van der Waals surface area contributed by atoms with E-state index in [1.54, 1.807) is 0 Å². The average molecular weight is 221 g/mol. The van der Waals surface area contributed by atoms with Crippen LogP contribution in [0.1, 0.15) is 52.1 Å². The molecule has 1 aromatic rings. The number of aromatic nitrogens is 2. The number of imidazole rings is 1. The van der Waals surface area contributed by atoms with Crippen LogP contribution in [0.3, 0.4) is 0 Å². The highest BCUT2D eigenvalue weighted by molar-refractivity contribution is 5.11. The molecule has 0 aliphatic heterocycles. The van der Waals surface area contributed by atoms with Crippen LogP contribution in [0.5, 0.6) is 0 Å². The fourth-order valence-electron chi connectivity index (χ4n) is 2.54. The molecule has 0 aromatic carbocycles. The summed E-state index contributed by atoms with van der Waals surface area (Å²) in [4.78, 5) is 4.24. The van der Waals surface area contributed by atoms with Gasteiger partial charge >= 0.3 is 0 Å². The van der Waals surface area contributed by atoms with Gasteiger partial charge in [-0.15, -0.1) is 0 Å². The first kappa shape index (κ1) is 11.6. The zero-order chi connectivity index (χ0) is 11.8. The summed E-state index contributed by atoms with van der Waals surface area (Å²) in [5.41, 5.74) is 7.56. The Hall–Kier alpha value is -0.830. The minimum absolute atomic E-state index is 0.293. The molecule has 0 radical (unpaired) electrons. The van der Waals surface area contributed by atoms with Gasteiger partial charge in [0.05, 0.1) is 17.6 Å². The van der Waals surface area contributed by atoms with Crippen molar-refractivity contribution in [1.82, 2.24) is 9.55 Å². The fourth-order valence-corrected chi connectivity index (χ4v) is 2.54. The molecular weight excluding hydrogens is 198 g/mol. The topological polar surface area (TPSA) is 43.8 Å². The van der Waals surface area contributed by atoms with Crippen molar-refractivity contribution >= 4 is 0 Å². The van der Waals surface area contributed by atoms with Crippen LogP contribution in [0.15, 0.2) is 12.5 Å². The van der Waals surface area contributed by atoms with E-state index >= 15 is 0 Å². The summed E-state index contributed by atoms with van der Waals surface area (Å²) in [5.74, 6) is 0. The van der Waals surface area contributed by atoms with Gasteiger partial charge in [-0.1, -0.05) is 13.3 Å². The summed E-state index contributed by atoms with van der Waals surface area (Å²) < 4.78 is 2.25. The molecule has 90 valence electrons. The first-order valence-corrected chi connectivity index (χ1v) is 6.26. The Balaban J connectivity index is 2.13. The van der Waals surface area contributed by atoms with Crippen LogP contribution in [0.25, 0.3) is 0 Å². The molecule has 0 atom stereocenters. The summed E-state index contributed by atoms with van der Waals surface area (Å²) in [6, 6.07) is 0. The number of nitrogens with zero attached hydrogens (tertiary/aromatic N) is 2. The molecule has 16 heavy (non-hydrogen) atoms. The van der Waals surface area contributed by atoms with Crippen molar-refractivity contribution in [2.75, 3.05) is 0 Å². The molecule has 0 spiro atoms. The number of rotatable bonds is 5. The molecule has 1 heterocycles. The second kappa shape index (κ2) is 3.88. The minimum atomic E-state index is -0.293. The van der Waals surface area contributed by atoms with Crippen molar-refractivity contribution in [2.24, 2.45) is 11.1 Å². The van der Waals surface area contributed by atoms with E-state index in [-0.39, 0.29) is 5.54 Å². The Morgan fingerprint density at radius 1 is 1.50 bits per heavy atom. The van der Waals surface area contributed by atoms with Crippen LogP contribution in [0.4, 0.5) is 0 Å². The predicted molar refractivity (Wildman–Crippen MR) is 66.0 cm³/mol. The second-order valence-corrected chi connectivity index (χ2v) is 5.88. The zero-order valence-electron chi connectivity index (χ0n) is 10.7. The number of nitrogens with two attached hydrogens (primary N) is 1. The molecule has 0 amide bonds. The SMILES string of the molecule is CCCC1(Cn2cncc2C(C)(C)N)CC1. The van der Waals surface area contributed by atoms with Crippen LogP contribution < -0.4 is 5.73 Å². The second-order valence-electron chi connectivity index (χ2n) is 5.88. The molecule has 1 fully saturated rings. The molecule has 0 saturated heterocycles. The third-order valence-electron chi connectivity index (χ3n) is 3.62. The molecule has 2 rings (SSSR count). The highest BCUT2D eigenvalue weighted by atomic mass is 15.1. The van der Waals surface area contributed by atoms with E-state index in [1.807, 2.05) is 26.4 Å². The summed E-state index contributed by atoms with van der Waals surface area (Å²) in [5, 5.41) is 0. The average Bonchev–Trinajstić information content (AvgIpc) is 2.75. The zero-order valence-corrected chi connectivity index (χ0v) is 10.7. The van der Waals surface area contributed by atoms with Gasteiger partial charge in [0, 0.05) is 12.7 Å². The lowest BCUT2D eigenvalue weighted by atomic mass is 9.98. The molecule has 1 saturated carbocycles. The van der Waals surface area contributed by atoms with Crippen LogP contribution in [0.2, 0.25) is 0 Å². The molecule has 0 bridgehead atoms. The highest BCUT2D eigenvalue weighted by Crippen LogP contribution is 2.51. The van der Waals surface area contributed by atoms with E-state index in [0.29, 0.717) is 5.41 Å². The van der Waals surface area contributed by atoms with E-state index in [0.717, 1.165) is 12.2 Å². The van der Waals surface area contributed by atoms with Gasteiger partial charge in [-0.05, 0) is 38.5 Å².